The highest BCUT2D eigenvalue weighted by atomic mass is 32.1. The van der Waals surface area contributed by atoms with Crippen molar-refractivity contribution in [2.24, 2.45) is 0 Å². The van der Waals surface area contributed by atoms with Gasteiger partial charge in [-0.3, -0.25) is 4.79 Å². The molecule has 1 rings (SSSR count). The quantitative estimate of drug-likeness (QED) is 0.803. The lowest BCUT2D eigenvalue weighted by molar-refractivity contribution is -0.128. The number of hydrogen-bond donors (Lipinski definition) is 1. The second-order valence-corrected chi connectivity index (χ2v) is 3.86. The van der Waals surface area contributed by atoms with Crippen LogP contribution in [-0.4, -0.2) is 40.8 Å². The van der Waals surface area contributed by atoms with Crippen LogP contribution in [0, 0.1) is 6.92 Å². The predicted molar refractivity (Wildman–Crippen MR) is 56.4 cm³/mol. The summed E-state index contributed by atoms with van der Waals surface area (Å²) in [6, 6.07) is 0. The van der Waals surface area contributed by atoms with Crippen molar-refractivity contribution in [1.29, 1.82) is 0 Å². The van der Waals surface area contributed by atoms with Gasteiger partial charge in [0, 0.05) is 38.6 Å². The molecule has 0 aliphatic carbocycles. The van der Waals surface area contributed by atoms with Gasteiger partial charge in [-0.05, 0) is 6.92 Å². The predicted octanol–water partition coefficient (Wildman–Crippen LogP) is 0.737. The first-order valence-corrected chi connectivity index (χ1v) is 5.11. The van der Waals surface area contributed by atoms with E-state index in [1.54, 1.807) is 19.0 Å². The smallest absolute Gasteiger partial charge is 0.223 e. The number of anilines is 1. The maximum atomic E-state index is 11.2. The SMILES string of the molecule is Cc1nsc(NCCC(=O)N(C)C)n1. The van der Waals surface area contributed by atoms with Crippen molar-refractivity contribution in [3.05, 3.63) is 5.82 Å². The normalized spacial score (nSPS) is 9.93. The molecule has 0 atom stereocenters. The van der Waals surface area contributed by atoms with Crippen LogP contribution >= 0.6 is 11.5 Å². The number of nitrogens with one attached hydrogen (secondary N) is 1. The molecule has 0 saturated carbocycles. The maximum absolute atomic E-state index is 11.2. The molecular weight excluding hydrogens is 200 g/mol. The summed E-state index contributed by atoms with van der Waals surface area (Å²) < 4.78 is 4.02. The molecule has 0 radical (unpaired) electrons. The van der Waals surface area contributed by atoms with Gasteiger partial charge >= 0.3 is 0 Å². The van der Waals surface area contributed by atoms with Crippen molar-refractivity contribution in [3.8, 4) is 0 Å². The number of aromatic nitrogens is 2. The number of rotatable bonds is 4. The third-order valence-corrected chi connectivity index (χ3v) is 2.41. The van der Waals surface area contributed by atoms with Gasteiger partial charge in [0.05, 0.1) is 0 Å². The number of aryl methyl sites for hydroxylation is 1. The Balaban J connectivity index is 2.25. The highest BCUT2D eigenvalue weighted by Gasteiger charge is 2.04. The fourth-order valence-corrected chi connectivity index (χ4v) is 1.47. The van der Waals surface area contributed by atoms with Gasteiger partial charge in [0.1, 0.15) is 5.82 Å². The molecule has 0 saturated heterocycles. The average molecular weight is 214 g/mol. The summed E-state index contributed by atoms with van der Waals surface area (Å²) >= 11 is 1.31. The first-order valence-electron chi connectivity index (χ1n) is 4.34. The van der Waals surface area contributed by atoms with E-state index >= 15 is 0 Å². The topological polar surface area (TPSA) is 58.1 Å². The summed E-state index contributed by atoms with van der Waals surface area (Å²) in [6.07, 6.45) is 0.478. The zero-order chi connectivity index (χ0) is 10.6. The molecule has 1 N–H and O–H groups in total. The Morgan fingerprint density at radius 1 is 1.57 bits per heavy atom. The number of amides is 1. The Hall–Kier alpha value is -1.17. The molecule has 0 spiro atoms. The molecule has 0 unspecified atom stereocenters. The fraction of sp³-hybridized carbons (Fsp3) is 0.625. The van der Waals surface area contributed by atoms with Gasteiger partial charge in [0.2, 0.25) is 11.0 Å². The second-order valence-electron chi connectivity index (χ2n) is 3.11. The van der Waals surface area contributed by atoms with Gasteiger partial charge in [0.25, 0.3) is 0 Å². The zero-order valence-corrected chi connectivity index (χ0v) is 9.39. The van der Waals surface area contributed by atoms with E-state index in [0.717, 1.165) is 11.0 Å². The van der Waals surface area contributed by atoms with Crippen LogP contribution in [0.25, 0.3) is 0 Å². The molecule has 1 aromatic rings. The van der Waals surface area contributed by atoms with E-state index in [4.69, 9.17) is 0 Å². The van der Waals surface area contributed by atoms with Gasteiger partial charge in [-0.1, -0.05) is 0 Å². The fourth-order valence-electron chi connectivity index (χ4n) is 0.869. The standard InChI is InChI=1S/C8H14N4OS/c1-6-10-8(14-11-6)9-5-4-7(13)12(2)3/h4-5H2,1-3H3,(H,9,10,11). The Labute approximate surface area is 87.3 Å². The summed E-state index contributed by atoms with van der Waals surface area (Å²) in [5.41, 5.74) is 0. The van der Waals surface area contributed by atoms with Crippen molar-refractivity contribution in [1.82, 2.24) is 14.3 Å². The molecule has 0 bridgehead atoms. The van der Waals surface area contributed by atoms with Crippen LogP contribution in [0.4, 0.5) is 5.13 Å². The van der Waals surface area contributed by atoms with Crippen LogP contribution in [-0.2, 0) is 4.79 Å². The van der Waals surface area contributed by atoms with Gasteiger partial charge in [0.15, 0.2) is 0 Å². The summed E-state index contributed by atoms with van der Waals surface area (Å²) in [5.74, 6) is 0.871. The molecule has 14 heavy (non-hydrogen) atoms. The Morgan fingerprint density at radius 3 is 2.79 bits per heavy atom. The Morgan fingerprint density at radius 2 is 2.29 bits per heavy atom. The number of hydrogen-bond acceptors (Lipinski definition) is 5. The monoisotopic (exact) mass is 214 g/mol. The molecule has 0 aliphatic heterocycles. The van der Waals surface area contributed by atoms with Crippen molar-refractivity contribution >= 4 is 22.6 Å². The van der Waals surface area contributed by atoms with E-state index in [-0.39, 0.29) is 5.91 Å². The first-order chi connectivity index (χ1) is 6.59. The zero-order valence-electron chi connectivity index (χ0n) is 8.57. The molecule has 5 nitrogen and oxygen atoms in total. The summed E-state index contributed by atoms with van der Waals surface area (Å²) in [5, 5.41) is 3.82. The minimum absolute atomic E-state index is 0.110. The van der Waals surface area contributed by atoms with E-state index in [9.17, 15) is 4.79 Å². The second kappa shape index (κ2) is 4.90. The lowest BCUT2D eigenvalue weighted by Gasteiger charge is -2.09. The summed E-state index contributed by atoms with van der Waals surface area (Å²) in [4.78, 5) is 16.9. The number of nitrogens with zero attached hydrogens (tertiary/aromatic N) is 3. The highest BCUT2D eigenvalue weighted by molar-refractivity contribution is 7.09. The van der Waals surface area contributed by atoms with Crippen molar-refractivity contribution in [2.45, 2.75) is 13.3 Å². The number of carbonyl (C=O) groups is 1. The number of carbonyl (C=O) groups excluding carboxylic acids is 1. The van der Waals surface area contributed by atoms with Gasteiger partial charge < -0.3 is 10.2 Å². The minimum Gasteiger partial charge on any atom is -0.360 e. The van der Waals surface area contributed by atoms with Crippen LogP contribution in [0.3, 0.4) is 0 Å². The lowest BCUT2D eigenvalue weighted by Crippen LogP contribution is -2.23. The first kappa shape index (κ1) is 10.9. The van der Waals surface area contributed by atoms with Crippen molar-refractivity contribution in [2.75, 3.05) is 26.0 Å². The third kappa shape index (κ3) is 3.29. The summed E-state index contributed by atoms with van der Waals surface area (Å²) in [7, 11) is 3.49. The van der Waals surface area contributed by atoms with Crippen LogP contribution < -0.4 is 5.32 Å². The molecule has 6 heteroatoms. The van der Waals surface area contributed by atoms with Gasteiger partial charge in [-0.15, -0.1) is 0 Å². The van der Waals surface area contributed by atoms with E-state index in [1.807, 2.05) is 6.92 Å². The summed E-state index contributed by atoms with van der Waals surface area (Å²) in [6.45, 7) is 2.44. The van der Waals surface area contributed by atoms with E-state index in [1.165, 1.54) is 11.5 Å². The van der Waals surface area contributed by atoms with E-state index in [0.29, 0.717) is 13.0 Å². The molecule has 1 heterocycles. The largest absolute Gasteiger partial charge is 0.360 e. The molecule has 0 aliphatic rings. The molecule has 78 valence electrons. The van der Waals surface area contributed by atoms with Gasteiger partial charge in [-0.2, -0.15) is 4.37 Å². The van der Waals surface area contributed by atoms with Crippen molar-refractivity contribution in [3.63, 3.8) is 0 Å². The lowest BCUT2D eigenvalue weighted by atomic mass is 10.4. The van der Waals surface area contributed by atoms with Crippen LogP contribution in [0.1, 0.15) is 12.2 Å². The molecular formula is C8H14N4OS. The molecule has 0 aromatic carbocycles. The van der Waals surface area contributed by atoms with Gasteiger partial charge in [-0.25, -0.2) is 4.98 Å². The Kier molecular flexibility index (Phi) is 3.82. The highest BCUT2D eigenvalue weighted by Crippen LogP contribution is 2.09. The van der Waals surface area contributed by atoms with E-state index < -0.39 is 0 Å². The molecule has 1 aromatic heterocycles. The minimum atomic E-state index is 0.110. The van der Waals surface area contributed by atoms with Crippen LogP contribution in [0.5, 0.6) is 0 Å². The third-order valence-electron chi connectivity index (χ3n) is 1.64. The maximum Gasteiger partial charge on any atom is 0.223 e. The van der Waals surface area contributed by atoms with E-state index in [2.05, 4.69) is 14.7 Å². The molecule has 1 amide bonds. The van der Waals surface area contributed by atoms with Crippen LogP contribution in [0.15, 0.2) is 0 Å². The van der Waals surface area contributed by atoms with Crippen LogP contribution in [0.2, 0.25) is 0 Å². The van der Waals surface area contributed by atoms with Crippen molar-refractivity contribution < 1.29 is 4.79 Å². The Bertz CT molecular complexity index is 310. The molecule has 0 fully saturated rings. The average Bonchev–Trinajstić information content (AvgIpc) is 2.51.